The van der Waals surface area contributed by atoms with E-state index in [-0.39, 0.29) is 30.5 Å². The average molecular weight is 315 g/mol. The third-order valence-corrected chi connectivity index (χ3v) is 3.49. The van der Waals surface area contributed by atoms with Crippen molar-refractivity contribution >= 4 is 24.0 Å². The first-order valence-corrected chi connectivity index (χ1v) is 7.07. The van der Waals surface area contributed by atoms with Gasteiger partial charge in [0.2, 0.25) is 5.91 Å². The lowest BCUT2D eigenvalue weighted by Gasteiger charge is -2.28. The summed E-state index contributed by atoms with van der Waals surface area (Å²) >= 11 is 0. The Morgan fingerprint density at radius 1 is 1.33 bits per heavy atom. The summed E-state index contributed by atoms with van der Waals surface area (Å²) in [5.41, 5.74) is 6.17. The van der Waals surface area contributed by atoms with E-state index < -0.39 is 6.04 Å². The molecule has 5 nitrogen and oxygen atoms in total. The van der Waals surface area contributed by atoms with Crippen LogP contribution < -0.4 is 15.8 Å². The van der Waals surface area contributed by atoms with Crippen LogP contribution in [0, 0.1) is 0 Å². The number of carbonyl (C=O) groups is 1. The Morgan fingerprint density at radius 3 is 2.52 bits per heavy atom. The number of halogens is 1. The molecule has 0 spiro atoms. The van der Waals surface area contributed by atoms with Crippen molar-refractivity contribution in [1.82, 2.24) is 0 Å². The molecule has 0 aliphatic heterocycles. The van der Waals surface area contributed by atoms with Crippen molar-refractivity contribution in [3.8, 4) is 5.75 Å². The van der Waals surface area contributed by atoms with E-state index in [4.69, 9.17) is 10.5 Å². The lowest BCUT2D eigenvalue weighted by atomic mass is 9.95. The molecule has 21 heavy (non-hydrogen) atoms. The third kappa shape index (κ3) is 5.19. The summed E-state index contributed by atoms with van der Waals surface area (Å²) in [7, 11) is 0. The summed E-state index contributed by atoms with van der Waals surface area (Å²) < 4.78 is 5.79. The van der Waals surface area contributed by atoms with Crippen molar-refractivity contribution in [1.29, 1.82) is 0 Å². The quantitative estimate of drug-likeness (QED) is 0.794. The van der Waals surface area contributed by atoms with E-state index in [1.54, 1.807) is 31.2 Å². The highest BCUT2D eigenvalue weighted by Crippen LogP contribution is 2.24. The van der Waals surface area contributed by atoms with Gasteiger partial charge in [0.25, 0.3) is 0 Å². The van der Waals surface area contributed by atoms with Gasteiger partial charge in [0.05, 0.1) is 12.1 Å². The number of anilines is 1. The molecule has 3 unspecified atom stereocenters. The maximum Gasteiger partial charge on any atom is 0.240 e. The molecule has 1 aromatic rings. The number of ether oxygens (including phenoxy) is 1. The van der Waals surface area contributed by atoms with E-state index in [0.29, 0.717) is 11.4 Å². The molecule has 0 heterocycles. The fourth-order valence-electron chi connectivity index (χ4n) is 2.26. The fraction of sp³-hybridized carbons (Fsp3) is 0.533. The van der Waals surface area contributed by atoms with E-state index in [9.17, 15) is 9.90 Å². The average Bonchev–Trinajstić information content (AvgIpc) is 2.43. The summed E-state index contributed by atoms with van der Waals surface area (Å²) in [5.74, 6) is 0.483. The highest BCUT2D eigenvalue weighted by molar-refractivity contribution is 5.94. The molecule has 1 amide bonds. The summed E-state index contributed by atoms with van der Waals surface area (Å²) in [6.07, 6.45) is 3.31. The molecule has 1 fully saturated rings. The van der Waals surface area contributed by atoms with E-state index in [1.165, 1.54) is 0 Å². The molecule has 1 aliphatic rings. The Balaban J connectivity index is 0.00000220. The molecule has 3 atom stereocenters. The number of hydrogen-bond donors (Lipinski definition) is 3. The Hall–Kier alpha value is -1.30. The number of aliphatic hydroxyl groups is 1. The van der Waals surface area contributed by atoms with Crippen LogP contribution in [0.1, 0.15) is 32.6 Å². The van der Waals surface area contributed by atoms with Gasteiger partial charge in [0.15, 0.2) is 0 Å². The molecule has 0 radical (unpaired) electrons. The number of hydrogen-bond acceptors (Lipinski definition) is 4. The van der Waals surface area contributed by atoms with E-state index in [1.807, 2.05) is 0 Å². The number of aliphatic hydroxyl groups excluding tert-OH is 1. The normalized spacial score (nSPS) is 22.8. The standard InChI is InChI=1S/C15H22N2O3.ClH/c1-10(16)15(19)17-11-6-8-12(9-7-11)20-14-5-3-2-4-13(14)18;/h6-10,13-14,18H,2-5,16H2,1H3,(H,17,19);1H. The zero-order valence-corrected chi connectivity index (χ0v) is 12.9. The van der Waals surface area contributed by atoms with Gasteiger partial charge in [-0.1, -0.05) is 6.42 Å². The molecule has 2 rings (SSSR count). The molecule has 1 aromatic carbocycles. The fourth-order valence-corrected chi connectivity index (χ4v) is 2.26. The van der Waals surface area contributed by atoms with Crippen molar-refractivity contribution in [3.63, 3.8) is 0 Å². The molecular formula is C15H23ClN2O3. The van der Waals surface area contributed by atoms with Gasteiger partial charge in [-0.05, 0) is 50.5 Å². The number of carbonyl (C=O) groups excluding carboxylic acids is 1. The van der Waals surface area contributed by atoms with Gasteiger partial charge in [-0.25, -0.2) is 0 Å². The summed E-state index contributed by atoms with van der Waals surface area (Å²) in [6, 6.07) is 6.58. The van der Waals surface area contributed by atoms with Crippen LogP contribution in [0.2, 0.25) is 0 Å². The van der Waals surface area contributed by atoms with E-state index >= 15 is 0 Å². The third-order valence-electron chi connectivity index (χ3n) is 3.49. The predicted octanol–water partition coefficient (Wildman–Crippen LogP) is 2.08. The SMILES string of the molecule is CC(N)C(=O)Nc1ccc(OC2CCCCC2O)cc1.Cl. The van der Waals surface area contributed by atoms with Crippen molar-refractivity contribution < 1.29 is 14.6 Å². The maximum absolute atomic E-state index is 11.5. The molecular weight excluding hydrogens is 292 g/mol. The van der Waals surface area contributed by atoms with E-state index in [0.717, 1.165) is 25.7 Å². The summed E-state index contributed by atoms with van der Waals surface area (Å²) in [6.45, 7) is 1.64. The number of rotatable bonds is 4. The molecule has 0 bridgehead atoms. The molecule has 1 saturated carbocycles. The number of benzene rings is 1. The molecule has 6 heteroatoms. The predicted molar refractivity (Wildman–Crippen MR) is 84.9 cm³/mol. The molecule has 118 valence electrons. The molecule has 1 aliphatic carbocycles. The minimum Gasteiger partial charge on any atom is -0.488 e. The lowest BCUT2D eigenvalue weighted by molar-refractivity contribution is -0.117. The Morgan fingerprint density at radius 2 is 1.95 bits per heavy atom. The van der Waals surface area contributed by atoms with Crippen LogP contribution in [-0.4, -0.2) is 29.3 Å². The second-order valence-corrected chi connectivity index (χ2v) is 5.31. The zero-order chi connectivity index (χ0) is 14.5. The van der Waals surface area contributed by atoms with Crippen LogP contribution in [-0.2, 0) is 4.79 Å². The number of nitrogens with two attached hydrogens (primary N) is 1. The minimum atomic E-state index is -0.539. The van der Waals surface area contributed by atoms with Gasteiger partial charge < -0.3 is 20.9 Å². The second-order valence-electron chi connectivity index (χ2n) is 5.31. The van der Waals surface area contributed by atoms with Gasteiger partial charge in [0, 0.05) is 5.69 Å². The number of amides is 1. The van der Waals surface area contributed by atoms with Crippen molar-refractivity contribution in [2.75, 3.05) is 5.32 Å². The second kappa shape index (κ2) is 8.22. The maximum atomic E-state index is 11.5. The Kier molecular flexibility index (Phi) is 6.95. The molecule has 4 N–H and O–H groups in total. The Bertz CT molecular complexity index is 451. The van der Waals surface area contributed by atoms with Gasteiger partial charge in [-0.2, -0.15) is 0 Å². The van der Waals surface area contributed by atoms with Crippen molar-refractivity contribution in [3.05, 3.63) is 24.3 Å². The number of nitrogens with one attached hydrogen (secondary N) is 1. The van der Waals surface area contributed by atoms with Crippen LogP contribution >= 0.6 is 12.4 Å². The molecule has 0 saturated heterocycles. The molecule has 0 aromatic heterocycles. The summed E-state index contributed by atoms with van der Waals surface area (Å²) in [4.78, 5) is 11.5. The first kappa shape index (κ1) is 17.8. The largest absolute Gasteiger partial charge is 0.488 e. The van der Waals surface area contributed by atoms with Gasteiger partial charge in [0.1, 0.15) is 11.9 Å². The van der Waals surface area contributed by atoms with Crippen LogP contribution in [0.15, 0.2) is 24.3 Å². The lowest BCUT2D eigenvalue weighted by Crippen LogP contribution is -2.34. The van der Waals surface area contributed by atoms with Crippen LogP contribution in [0.4, 0.5) is 5.69 Å². The van der Waals surface area contributed by atoms with Crippen LogP contribution in [0.5, 0.6) is 5.75 Å². The topological polar surface area (TPSA) is 84.6 Å². The first-order valence-electron chi connectivity index (χ1n) is 7.07. The van der Waals surface area contributed by atoms with Crippen LogP contribution in [0.3, 0.4) is 0 Å². The Labute approximate surface area is 131 Å². The van der Waals surface area contributed by atoms with Crippen molar-refractivity contribution in [2.45, 2.75) is 50.9 Å². The highest BCUT2D eigenvalue weighted by Gasteiger charge is 2.24. The van der Waals surface area contributed by atoms with Crippen LogP contribution in [0.25, 0.3) is 0 Å². The smallest absolute Gasteiger partial charge is 0.240 e. The van der Waals surface area contributed by atoms with Crippen molar-refractivity contribution in [2.24, 2.45) is 5.73 Å². The first-order chi connectivity index (χ1) is 9.56. The zero-order valence-electron chi connectivity index (χ0n) is 12.1. The summed E-state index contributed by atoms with van der Waals surface area (Å²) in [5, 5.41) is 12.6. The highest BCUT2D eigenvalue weighted by atomic mass is 35.5. The van der Waals surface area contributed by atoms with E-state index in [2.05, 4.69) is 5.32 Å². The minimum absolute atomic E-state index is 0. The van der Waals surface area contributed by atoms with Gasteiger partial charge >= 0.3 is 0 Å². The monoisotopic (exact) mass is 314 g/mol. The van der Waals surface area contributed by atoms with Gasteiger partial charge in [-0.15, -0.1) is 12.4 Å². The van der Waals surface area contributed by atoms with Gasteiger partial charge in [-0.3, -0.25) is 4.79 Å².